The lowest BCUT2D eigenvalue weighted by molar-refractivity contribution is 1.04. The number of benzene rings is 2. The number of nitrogens with zero attached hydrogens (tertiary/aromatic N) is 3. The average molecular weight is 301 g/mol. The second-order valence-electron chi connectivity index (χ2n) is 5.36. The standard InChI is InChI=1S/C18H15N5/c1-12-20-18(23-22-12)13-6-4-7-15(9-13)21-17-11-19-10-14-5-2-3-8-16(14)17/h2-11,21H,1H3,(H,20,22,23). The number of hydrogen-bond donors (Lipinski definition) is 2. The van der Waals surface area contributed by atoms with E-state index >= 15 is 0 Å². The number of aryl methyl sites for hydroxylation is 1. The highest BCUT2D eigenvalue weighted by Gasteiger charge is 2.06. The maximum Gasteiger partial charge on any atom is 0.181 e. The van der Waals surface area contributed by atoms with Crippen molar-refractivity contribution in [1.29, 1.82) is 0 Å². The summed E-state index contributed by atoms with van der Waals surface area (Å²) in [6.45, 7) is 1.89. The summed E-state index contributed by atoms with van der Waals surface area (Å²) in [7, 11) is 0. The van der Waals surface area contributed by atoms with Crippen molar-refractivity contribution < 1.29 is 0 Å². The maximum absolute atomic E-state index is 4.37. The molecule has 0 fully saturated rings. The summed E-state index contributed by atoms with van der Waals surface area (Å²) in [5.41, 5.74) is 2.92. The van der Waals surface area contributed by atoms with Crippen molar-refractivity contribution in [3.05, 3.63) is 66.7 Å². The van der Waals surface area contributed by atoms with Crippen LogP contribution in [0.25, 0.3) is 22.2 Å². The second kappa shape index (κ2) is 5.53. The Hall–Kier alpha value is -3.21. The Kier molecular flexibility index (Phi) is 3.24. The summed E-state index contributed by atoms with van der Waals surface area (Å²) in [5.74, 6) is 1.50. The third-order valence-electron chi connectivity index (χ3n) is 3.67. The van der Waals surface area contributed by atoms with Crippen LogP contribution in [0.1, 0.15) is 5.82 Å². The number of nitrogens with one attached hydrogen (secondary N) is 2. The summed E-state index contributed by atoms with van der Waals surface area (Å²) in [6, 6.07) is 16.2. The van der Waals surface area contributed by atoms with Gasteiger partial charge in [0.1, 0.15) is 5.82 Å². The first-order valence-corrected chi connectivity index (χ1v) is 7.39. The minimum atomic E-state index is 0.696. The van der Waals surface area contributed by atoms with Crippen LogP contribution in [0.4, 0.5) is 11.4 Å². The monoisotopic (exact) mass is 301 g/mol. The molecule has 0 saturated heterocycles. The van der Waals surface area contributed by atoms with Crippen LogP contribution in [0, 0.1) is 6.92 Å². The van der Waals surface area contributed by atoms with E-state index in [1.165, 1.54) is 0 Å². The molecule has 0 atom stereocenters. The van der Waals surface area contributed by atoms with Crippen molar-refractivity contribution in [3.8, 4) is 11.4 Å². The molecule has 0 amide bonds. The molecule has 2 heterocycles. The van der Waals surface area contributed by atoms with Gasteiger partial charge in [-0.05, 0) is 19.1 Å². The smallest absolute Gasteiger partial charge is 0.181 e. The van der Waals surface area contributed by atoms with E-state index in [2.05, 4.69) is 37.6 Å². The molecule has 4 rings (SSSR count). The number of aromatic nitrogens is 4. The summed E-state index contributed by atoms with van der Waals surface area (Å²) in [5, 5.41) is 12.8. The highest BCUT2D eigenvalue weighted by atomic mass is 15.2. The van der Waals surface area contributed by atoms with Crippen LogP contribution in [-0.2, 0) is 0 Å². The van der Waals surface area contributed by atoms with Crippen molar-refractivity contribution in [2.24, 2.45) is 0 Å². The Bertz CT molecular complexity index is 968. The van der Waals surface area contributed by atoms with Crippen LogP contribution in [0.5, 0.6) is 0 Å². The molecular formula is C18H15N5. The minimum absolute atomic E-state index is 0.696. The predicted octanol–water partition coefficient (Wildman–Crippen LogP) is 4.07. The SMILES string of the molecule is Cc1nc(-c2cccc(Nc3cncc4ccccc34)c2)n[nH]1. The van der Waals surface area contributed by atoms with Crippen LogP contribution >= 0.6 is 0 Å². The van der Waals surface area contributed by atoms with E-state index in [0.29, 0.717) is 5.82 Å². The Balaban J connectivity index is 1.71. The summed E-state index contributed by atoms with van der Waals surface area (Å²) in [6.07, 6.45) is 3.71. The number of fused-ring (bicyclic) bond motifs is 1. The van der Waals surface area contributed by atoms with Gasteiger partial charge in [-0.25, -0.2) is 4.98 Å². The van der Waals surface area contributed by atoms with Gasteiger partial charge in [0.25, 0.3) is 0 Å². The lowest BCUT2D eigenvalue weighted by atomic mass is 10.1. The van der Waals surface area contributed by atoms with E-state index in [4.69, 9.17) is 0 Å². The molecule has 2 aromatic carbocycles. The van der Waals surface area contributed by atoms with Gasteiger partial charge in [0, 0.05) is 28.2 Å². The van der Waals surface area contributed by atoms with E-state index < -0.39 is 0 Å². The van der Waals surface area contributed by atoms with E-state index in [9.17, 15) is 0 Å². The molecule has 0 aliphatic rings. The van der Waals surface area contributed by atoms with Gasteiger partial charge in [-0.1, -0.05) is 36.4 Å². The van der Waals surface area contributed by atoms with Crippen LogP contribution in [0.3, 0.4) is 0 Å². The summed E-state index contributed by atoms with van der Waals surface area (Å²) < 4.78 is 0. The topological polar surface area (TPSA) is 66.5 Å². The van der Waals surface area contributed by atoms with Crippen molar-refractivity contribution in [1.82, 2.24) is 20.2 Å². The van der Waals surface area contributed by atoms with Gasteiger partial charge >= 0.3 is 0 Å². The Morgan fingerprint density at radius 2 is 1.91 bits per heavy atom. The van der Waals surface area contributed by atoms with Gasteiger partial charge in [-0.15, -0.1) is 0 Å². The lowest BCUT2D eigenvalue weighted by Crippen LogP contribution is -1.93. The minimum Gasteiger partial charge on any atom is -0.354 e. The van der Waals surface area contributed by atoms with E-state index in [1.807, 2.05) is 55.7 Å². The van der Waals surface area contributed by atoms with Crippen molar-refractivity contribution in [2.75, 3.05) is 5.32 Å². The molecule has 112 valence electrons. The zero-order valence-electron chi connectivity index (χ0n) is 12.6. The number of anilines is 2. The van der Waals surface area contributed by atoms with Gasteiger partial charge in [-0.2, -0.15) is 5.10 Å². The highest BCUT2D eigenvalue weighted by Crippen LogP contribution is 2.27. The second-order valence-corrected chi connectivity index (χ2v) is 5.36. The van der Waals surface area contributed by atoms with Gasteiger partial charge in [-0.3, -0.25) is 10.1 Å². The summed E-state index contributed by atoms with van der Waals surface area (Å²) >= 11 is 0. The van der Waals surface area contributed by atoms with Crippen molar-refractivity contribution >= 4 is 22.1 Å². The molecule has 4 aromatic rings. The molecule has 2 aromatic heterocycles. The molecule has 2 N–H and O–H groups in total. The molecule has 0 aliphatic heterocycles. The predicted molar refractivity (Wildman–Crippen MR) is 91.6 cm³/mol. The molecule has 0 saturated carbocycles. The average Bonchev–Trinajstić information content (AvgIpc) is 3.02. The number of aromatic amines is 1. The lowest BCUT2D eigenvalue weighted by Gasteiger charge is -2.10. The van der Waals surface area contributed by atoms with E-state index in [0.717, 1.165) is 33.5 Å². The molecular weight excluding hydrogens is 286 g/mol. The van der Waals surface area contributed by atoms with Crippen molar-refractivity contribution in [2.45, 2.75) is 6.92 Å². The first-order valence-electron chi connectivity index (χ1n) is 7.39. The van der Waals surface area contributed by atoms with Crippen LogP contribution < -0.4 is 5.32 Å². The zero-order valence-corrected chi connectivity index (χ0v) is 12.6. The molecule has 0 radical (unpaired) electrons. The number of rotatable bonds is 3. The Labute approximate surface area is 133 Å². The first kappa shape index (κ1) is 13.5. The van der Waals surface area contributed by atoms with Gasteiger partial charge in [0.15, 0.2) is 5.82 Å². The summed E-state index contributed by atoms with van der Waals surface area (Å²) in [4.78, 5) is 8.67. The third kappa shape index (κ3) is 2.64. The normalized spacial score (nSPS) is 10.8. The third-order valence-corrected chi connectivity index (χ3v) is 3.67. The van der Waals surface area contributed by atoms with E-state index in [1.54, 1.807) is 0 Å². The number of pyridine rings is 1. The maximum atomic E-state index is 4.37. The van der Waals surface area contributed by atoms with Crippen LogP contribution in [-0.4, -0.2) is 20.2 Å². The van der Waals surface area contributed by atoms with Crippen molar-refractivity contribution in [3.63, 3.8) is 0 Å². The molecule has 0 spiro atoms. The fourth-order valence-electron chi connectivity index (χ4n) is 2.58. The fourth-order valence-corrected chi connectivity index (χ4v) is 2.58. The molecule has 5 nitrogen and oxygen atoms in total. The number of hydrogen-bond acceptors (Lipinski definition) is 4. The van der Waals surface area contributed by atoms with Crippen LogP contribution in [0.15, 0.2) is 60.9 Å². The molecule has 0 aliphatic carbocycles. The van der Waals surface area contributed by atoms with Crippen LogP contribution in [0.2, 0.25) is 0 Å². The molecule has 0 bridgehead atoms. The van der Waals surface area contributed by atoms with E-state index in [-0.39, 0.29) is 0 Å². The Morgan fingerprint density at radius 1 is 1.00 bits per heavy atom. The molecule has 23 heavy (non-hydrogen) atoms. The van der Waals surface area contributed by atoms with Gasteiger partial charge in [0.2, 0.25) is 0 Å². The first-order chi connectivity index (χ1) is 11.3. The Morgan fingerprint density at radius 3 is 2.78 bits per heavy atom. The van der Waals surface area contributed by atoms with Gasteiger partial charge in [0.05, 0.1) is 11.9 Å². The van der Waals surface area contributed by atoms with Gasteiger partial charge < -0.3 is 5.32 Å². The fraction of sp³-hybridized carbons (Fsp3) is 0.0556. The molecule has 0 unspecified atom stereocenters. The largest absolute Gasteiger partial charge is 0.354 e. The molecule has 5 heteroatoms. The highest BCUT2D eigenvalue weighted by molar-refractivity contribution is 5.94. The number of H-pyrrole nitrogens is 1. The zero-order chi connectivity index (χ0) is 15.6. The quantitative estimate of drug-likeness (QED) is 0.598.